The van der Waals surface area contributed by atoms with E-state index < -0.39 is 32.0 Å². The van der Waals surface area contributed by atoms with Crippen LogP contribution < -0.4 is 14.2 Å². The first-order valence-electron chi connectivity index (χ1n) is 12.6. The summed E-state index contributed by atoms with van der Waals surface area (Å²) in [6.45, 7) is 3.59. The van der Waals surface area contributed by atoms with Gasteiger partial charge in [0.05, 0.1) is 12.5 Å². The molecule has 1 heterocycles. The molecule has 14 nitrogen and oxygen atoms in total. The molecule has 6 N–H and O–H groups in total. The normalized spacial score (nSPS) is 18.0. The number of nitrogens with zero attached hydrogens (tertiary/aromatic N) is 1. The third kappa shape index (κ3) is 9.97. The smallest absolute Gasteiger partial charge is 0.414 e. The van der Waals surface area contributed by atoms with E-state index in [0.717, 1.165) is 44.0 Å². The second-order valence-electron chi connectivity index (χ2n) is 10.0. The number of carbonyl (C=O) groups is 3. The molecule has 0 saturated carbocycles. The highest BCUT2D eigenvalue weighted by Gasteiger charge is 2.38. The number of hydrogen-bond acceptors (Lipinski definition) is 9. The topological polar surface area (TPSA) is 228 Å². The minimum Gasteiger partial charge on any atom is -0.475 e. The molecule has 0 aromatic heterocycles. The highest BCUT2D eigenvalue weighted by atomic mass is 32.2. The molecule has 2 atom stereocenters. The fraction of sp³-hybridized carbons (Fsp3) is 0.423. The molecule has 1 saturated heterocycles. The van der Waals surface area contributed by atoms with Gasteiger partial charge in [0.25, 0.3) is 0 Å². The molecule has 0 amide bonds. The second-order valence-corrected chi connectivity index (χ2v) is 13.5. The van der Waals surface area contributed by atoms with Crippen LogP contribution in [-0.2, 0) is 36.1 Å². The largest absolute Gasteiger partial charge is 0.475 e. The lowest BCUT2D eigenvalue weighted by Crippen LogP contribution is -2.44. The Bertz CT molecular complexity index is 1490. The molecule has 4 rings (SSSR count). The lowest BCUT2D eigenvalue weighted by molar-refractivity contribution is -0.159. The summed E-state index contributed by atoms with van der Waals surface area (Å²) in [5.41, 5.74) is 2.50. The molecular weight excluding hydrogens is 594 g/mol. The fourth-order valence-electron chi connectivity index (χ4n) is 4.94. The van der Waals surface area contributed by atoms with E-state index in [4.69, 9.17) is 24.5 Å². The molecule has 2 unspecified atom stereocenters. The lowest BCUT2D eigenvalue weighted by Gasteiger charge is -2.37. The first-order chi connectivity index (χ1) is 19.0. The fourth-order valence-corrected chi connectivity index (χ4v) is 6.06. The van der Waals surface area contributed by atoms with Gasteiger partial charge in [-0.05, 0) is 74.1 Å². The van der Waals surface area contributed by atoms with E-state index in [1.54, 1.807) is 36.4 Å². The van der Waals surface area contributed by atoms with E-state index in [1.165, 1.54) is 0 Å². The van der Waals surface area contributed by atoms with Crippen LogP contribution in [0.15, 0.2) is 42.5 Å². The van der Waals surface area contributed by atoms with Crippen LogP contribution in [0.3, 0.4) is 0 Å². The van der Waals surface area contributed by atoms with E-state index in [-0.39, 0.29) is 29.3 Å². The summed E-state index contributed by atoms with van der Waals surface area (Å²) in [5, 5.41) is 14.8. The number of benzene rings is 2. The van der Waals surface area contributed by atoms with Crippen LogP contribution in [0.2, 0.25) is 0 Å². The zero-order valence-electron chi connectivity index (χ0n) is 23.2. The monoisotopic (exact) mass is 629 g/mol. The van der Waals surface area contributed by atoms with Crippen LogP contribution in [0, 0.1) is 11.8 Å². The molecule has 2 aromatic rings. The lowest BCUT2D eigenvalue weighted by atomic mass is 9.82. The van der Waals surface area contributed by atoms with Gasteiger partial charge in [-0.2, -0.15) is 0 Å². The number of hydrogen-bond donors (Lipinski definition) is 4. The van der Waals surface area contributed by atoms with Gasteiger partial charge in [-0.15, -0.1) is 0 Å². The second kappa shape index (κ2) is 14.0. The molecule has 1 fully saturated rings. The molecule has 16 heteroatoms. The first-order valence-corrected chi connectivity index (χ1v) is 16.4. The van der Waals surface area contributed by atoms with Crippen LogP contribution in [0.1, 0.15) is 35.7 Å². The number of carboxylic acid groups (broad SMARTS) is 2. The highest BCUT2D eigenvalue weighted by molar-refractivity contribution is 7.92. The SMILES string of the molecule is CC(Oc1ccc(NS(C)(=O)=O)cc1)N1CCC(C2Cc3ccc(NS(C)(=O)=O)cc3C2=O)CC1.O.O=C(O)C(=O)O. The van der Waals surface area contributed by atoms with E-state index in [2.05, 4.69) is 14.3 Å². The number of sulfonamides is 2. The van der Waals surface area contributed by atoms with Gasteiger partial charge < -0.3 is 20.4 Å². The van der Waals surface area contributed by atoms with Crippen molar-refractivity contribution in [3.63, 3.8) is 0 Å². The summed E-state index contributed by atoms with van der Waals surface area (Å²) in [4.78, 5) is 33.6. The van der Waals surface area contributed by atoms with Crippen molar-refractivity contribution in [2.45, 2.75) is 32.4 Å². The van der Waals surface area contributed by atoms with Crippen LogP contribution in [0.25, 0.3) is 0 Å². The summed E-state index contributed by atoms with van der Waals surface area (Å²) >= 11 is 0. The Morgan fingerprint density at radius 1 is 0.905 bits per heavy atom. The molecule has 0 spiro atoms. The number of anilines is 2. The number of Topliss-reactive ketones (excluding diaryl/α,β-unsaturated/α-hetero) is 1. The number of rotatable bonds is 8. The third-order valence-corrected chi connectivity index (χ3v) is 7.97. The zero-order valence-corrected chi connectivity index (χ0v) is 24.9. The quantitative estimate of drug-likeness (QED) is 0.304. The highest BCUT2D eigenvalue weighted by Crippen LogP contribution is 2.38. The first kappa shape index (κ1) is 34.5. The number of nitrogens with one attached hydrogen (secondary N) is 2. The Labute approximate surface area is 244 Å². The number of ether oxygens (including phenoxy) is 1. The van der Waals surface area contributed by atoms with Crippen molar-refractivity contribution in [2.75, 3.05) is 35.0 Å². The average Bonchev–Trinajstić information content (AvgIpc) is 3.19. The number of fused-ring (bicyclic) bond motifs is 1. The van der Waals surface area contributed by atoms with Gasteiger partial charge in [0.15, 0.2) is 5.78 Å². The van der Waals surface area contributed by atoms with Crippen LogP contribution in [-0.4, -0.2) is 87.0 Å². The molecule has 42 heavy (non-hydrogen) atoms. The maximum absolute atomic E-state index is 13.1. The molecule has 2 aliphatic rings. The summed E-state index contributed by atoms with van der Waals surface area (Å²) in [7, 11) is -6.72. The van der Waals surface area contributed by atoms with Crippen LogP contribution in [0.5, 0.6) is 5.75 Å². The number of carboxylic acids is 2. The minimum atomic E-state index is -3.40. The van der Waals surface area contributed by atoms with Crippen molar-refractivity contribution in [1.29, 1.82) is 0 Å². The van der Waals surface area contributed by atoms with Crippen molar-refractivity contribution in [1.82, 2.24) is 4.90 Å². The predicted octanol–water partition coefficient (Wildman–Crippen LogP) is 1.25. The molecule has 0 bridgehead atoms. The van der Waals surface area contributed by atoms with Gasteiger partial charge in [0.1, 0.15) is 12.0 Å². The van der Waals surface area contributed by atoms with Crippen molar-refractivity contribution < 1.29 is 51.6 Å². The standard InChI is InChI=1S/C24H31N3O6S2.C2H2O4.H2O/c1-16(33-21-8-6-19(7-9-21)25-34(2,29)30)27-12-10-17(11-13-27)22-14-18-4-5-20(26-35(3,31)32)15-23(18)24(22)28;3-1(4)2(5)6;/h4-9,15-17,22,25-26H,10-14H2,1-3H3;(H,3,4)(H,5,6);1H2. The van der Waals surface area contributed by atoms with E-state index in [0.29, 0.717) is 29.1 Å². The van der Waals surface area contributed by atoms with Gasteiger partial charge in [0.2, 0.25) is 20.0 Å². The summed E-state index contributed by atoms with van der Waals surface area (Å²) in [5.74, 6) is -2.70. The van der Waals surface area contributed by atoms with Crippen molar-refractivity contribution in [3.05, 3.63) is 53.6 Å². The van der Waals surface area contributed by atoms with Gasteiger partial charge in [-0.3, -0.25) is 19.1 Å². The molecular formula is C26H35N3O11S2. The zero-order chi connectivity index (χ0) is 30.5. The molecule has 1 aliphatic carbocycles. The van der Waals surface area contributed by atoms with Crippen LogP contribution in [0.4, 0.5) is 11.4 Å². The number of carbonyl (C=O) groups excluding carboxylic acids is 1. The Hall–Kier alpha value is -3.73. The molecule has 0 radical (unpaired) electrons. The number of aliphatic carboxylic acids is 2. The Kier molecular flexibility index (Phi) is 11.5. The van der Waals surface area contributed by atoms with Crippen molar-refractivity contribution in [2.24, 2.45) is 11.8 Å². The molecule has 2 aromatic carbocycles. The van der Waals surface area contributed by atoms with E-state index >= 15 is 0 Å². The Balaban J connectivity index is 0.000000798. The minimum absolute atomic E-state index is 0. The van der Waals surface area contributed by atoms with Crippen molar-refractivity contribution >= 4 is 49.1 Å². The third-order valence-electron chi connectivity index (χ3n) is 6.76. The number of likely N-dealkylation sites (tertiary alicyclic amines) is 1. The van der Waals surface area contributed by atoms with Crippen LogP contribution >= 0.6 is 0 Å². The van der Waals surface area contributed by atoms with Gasteiger partial charge in [-0.1, -0.05) is 6.07 Å². The maximum Gasteiger partial charge on any atom is 0.414 e. The number of piperidine rings is 1. The van der Waals surface area contributed by atoms with E-state index in [1.807, 2.05) is 13.0 Å². The Morgan fingerprint density at radius 2 is 1.40 bits per heavy atom. The van der Waals surface area contributed by atoms with Gasteiger partial charge >= 0.3 is 11.9 Å². The predicted molar refractivity (Wildman–Crippen MR) is 155 cm³/mol. The summed E-state index contributed by atoms with van der Waals surface area (Å²) in [6, 6.07) is 12.0. The van der Waals surface area contributed by atoms with E-state index in [9.17, 15) is 21.6 Å². The van der Waals surface area contributed by atoms with Crippen molar-refractivity contribution in [3.8, 4) is 5.75 Å². The molecule has 232 valence electrons. The Morgan fingerprint density at radius 3 is 1.90 bits per heavy atom. The van der Waals surface area contributed by atoms with Gasteiger partial charge in [0, 0.05) is 35.9 Å². The average molecular weight is 630 g/mol. The van der Waals surface area contributed by atoms with Gasteiger partial charge in [-0.25, -0.2) is 26.4 Å². The summed E-state index contributed by atoms with van der Waals surface area (Å²) < 4.78 is 56.7. The number of ketones is 1. The summed E-state index contributed by atoms with van der Waals surface area (Å²) in [6.07, 6.45) is 4.49. The molecule has 1 aliphatic heterocycles. The maximum atomic E-state index is 13.1.